The van der Waals surface area contributed by atoms with Crippen LogP contribution in [0, 0.1) is 0 Å². The van der Waals surface area contributed by atoms with Gasteiger partial charge in [-0.2, -0.15) is 0 Å². The summed E-state index contributed by atoms with van der Waals surface area (Å²) in [5.41, 5.74) is 2.61. The molecule has 9 heteroatoms. The average molecular weight is 462 g/mol. The Morgan fingerprint density at radius 3 is 2.81 bits per heavy atom. The lowest BCUT2D eigenvalue weighted by Crippen LogP contribution is -2.22. The van der Waals surface area contributed by atoms with Crippen molar-refractivity contribution in [3.05, 3.63) is 82.6 Å². The van der Waals surface area contributed by atoms with E-state index in [1.54, 1.807) is 29.1 Å². The molecule has 3 heterocycles. The standard InChI is InChI=1S/C23H19N5O2S2/c1-3-12-27-21(29)16-8-4-6-10-18(16)28-22(27)25-26-23(28)32-14-15-13-31-20(24-15)17-9-5-7-11-19(17)30-2/h3-11,13H,1,12,14H2,2H3. The van der Waals surface area contributed by atoms with Gasteiger partial charge in [-0.3, -0.25) is 13.8 Å². The fourth-order valence-electron chi connectivity index (χ4n) is 3.58. The molecule has 0 atom stereocenters. The molecule has 0 saturated heterocycles. The summed E-state index contributed by atoms with van der Waals surface area (Å²) in [6.07, 6.45) is 1.69. The summed E-state index contributed by atoms with van der Waals surface area (Å²) >= 11 is 3.12. The van der Waals surface area contributed by atoms with Crippen molar-refractivity contribution in [3.8, 4) is 16.3 Å². The van der Waals surface area contributed by atoms with E-state index in [-0.39, 0.29) is 5.56 Å². The highest BCUT2D eigenvalue weighted by atomic mass is 32.2. The molecule has 0 bridgehead atoms. The maximum Gasteiger partial charge on any atom is 0.263 e. The van der Waals surface area contributed by atoms with Crippen LogP contribution in [-0.4, -0.2) is 31.3 Å². The molecule has 3 aromatic heterocycles. The zero-order valence-corrected chi connectivity index (χ0v) is 18.9. The van der Waals surface area contributed by atoms with Gasteiger partial charge < -0.3 is 4.74 Å². The quantitative estimate of drug-likeness (QED) is 0.259. The summed E-state index contributed by atoms with van der Waals surface area (Å²) in [5, 5.41) is 13.0. The number of aromatic nitrogens is 5. The van der Waals surface area contributed by atoms with Crippen LogP contribution in [0.3, 0.4) is 0 Å². The summed E-state index contributed by atoms with van der Waals surface area (Å²) in [5.74, 6) is 1.93. The monoisotopic (exact) mass is 461 g/mol. The zero-order valence-electron chi connectivity index (χ0n) is 17.3. The maximum atomic E-state index is 12.9. The van der Waals surface area contributed by atoms with Crippen molar-refractivity contribution >= 4 is 39.8 Å². The number of para-hydroxylation sites is 2. The van der Waals surface area contributed by atoms with Gasteiger partial charge in [0.1, 0.15) is 10.8 Å². The second-order valence-electron chi connectivity index (χ2n) is 6.97. The van der Waals surface area contributed by atoms with E-state index < -0.39 is 0 Å². The van der Waals surface area contributed by atoms with Gasteiger partial charge in [-0.25, -0.2) is 4.98 Å². The zero-order chi connectivity index (χ0) is 22.1. The van der Waals surface area contributed by atoms with Gasteiger partial charge in [-0.15, -0.1) is 28.1 Å². The smallest absolute Gasteiger partial charge is 0.263 e. The lowest BCUT2D eigenvalue weighted by atomic mass is 10.2. The van der Waals surface area contributed by atoms with Crippen LogP contribution in [0.2, 0.25) is 0 Å². The Hall–Kier alpha value is -3.43. The molecule has 0 fully saturated rings. The number of thioether (sulfide) groups is 1. The Balaban J connectivity index is 1.50. The van der Waals surface area contributed by atoms with Crippen molar-refractivity contribution in [1.29, 1.82) is 0 Å². The fourth-order valence-corrected chi connectivity index (χ4v) is 5.36. The van der Waals surface area contributed by atoms with Gasteiger partial charge in [0, 0.05) is 17.7 Å². The van der Waals surface area contributed by atoms with Gasteiger partial charge >= 0.3 is 0 Å². The highest BCUT2D eigenvalue weighted by Gasteiger charge is 2.17. The lowest BCUT2D eigenvalue weighted by molar-refractivity contribution is 0.416. The molecule has 0 amide bonds. The van der Waals surface area contributed by atoms with E-state index >= 15 is 0 Å². The first-order valence-electron chi connectivity index (χ1n) is 9.89. The maximum absolute atomic E-state index is 12.9. The van der Waals surface area contributed by atoms with E-state index in [0.29, 0.717) is 28.6 Å². The van der Waals surface area contributed by atoms with E-state index in [1.165, 1.54) is 11.8 Å². The topological polar surface area (TPSA) is 74.3 Å². The number of benzene rings is 2. The summed E-state index contributed by atoms with van der Waals surface area (Å²) < 4.78 is 8.98. The van der Waals surface area contributed by atoms with E-state index in [1.807, 2.05) is 58.3 Å². The lowest BCUT2D eigenvalue weighted by Gasteiger charge is -2.09. The minimum absolute atomic E-state index is 0.0992. The number of rotatable bonds is 7. The van der Waals surface area contributed by atoms with Crippen molar-refractivity contribution < 1.29 is 4.74 Å². The van der Waals surface area contributed by atoms with Gasteiger partial charge in [-0.05, 0) is 24.3 Å². The molecule has 0 aliphatic rings. The van der Waals surface area contributed by atoms with Crippen molar-refractivity contribution in [2.75, 3.05) is 7.11 Å². The third-order valence-corrected chi connectivity index (χ3v) is 6.92. The van der Waals surface area contributed by atoms with Crippen LogP contribution in [0.1, 0.15) is 5.69 Å². The highest BCUT2D eigenvalue weighted by molar-refractivity contribution is 7.98. The number of nitrogens with zero attached hydrogens (tertiary/aromatic N) is 5. The Morgan fingerprint density at radius 2 is 1.97 bits per heavy atom. The number of fused-ring (bicyclic) bond motifs is 3. The van der Waals surface area contributed by atoms with Crippen molar-refractivity contribution in [1.82, 2.24) is 24.1 Å². The summed E-state index contributed by atoms with van der Waals surface area (Å²) in [6, 6.07) is 15.4. The van der Waals surface area contributed by atoms with Crippen LogP contribution in [0.4, 0.5) is 0 Å². The van der Waals surface area contributed by atoms with Gasteiger partial charge in [0.05, 0.1) is 29.3 Å². The van der Waals surface area contributed by atoms with Crippen molar-refractivity contribution in [2.45, 2.75) is 17.5 Å². The van der Waals surface area contributed by atoms with E-state index in [0.717, 1.165) is 27.5 Å². The predicted molar refractivity (Wildman–Crippen MR) is 129 cm³/mol. The van der Waals surface area contributed by atoms with Gasteiger partial charge in [0.15, 0.2) is 5.16 Å². The molecule has 0 aliphatic carbocycles. The van der Waals surface area contributed by atoms with E-state index in [9.17, 15) is 4.79 Å². The fraction of sp³-hybridized carbons (Fsp3) is 0.130. The molecular weight excluding hydrogens is 442 g/mol. The average Bonchev–Trinajstić information content (AvgIpc) is 3.48. The van der Waals surface area contributed by atoms with Crippen molar-refractivity contribution in [2.24, 2.45) is 0 Å². The Morgan fingerprint density at radius 1 is 1.16 bits per heavy atom. The molecule has 0 unspecified atom stereocenters. The van der Waals surface area contributed by atoms with Crippen LogP contribution >= 0.6 is 23.1 Å². The first kappa shape index (κ1) is 20.5. The minimum atomic E-state index is -0.0992. The Bertz CT molecular complexity index is 1500. The van der Waals surface area contributed by atoms with Gasteiger partial charge in [0.25, 0.3) is 5.56 Å². The number of thiazole rings is 1. The molecule has 0 N–H and O–H groups in total. The molecule has 0 radical (unpaired) electrons. The van der Waals surface area contributed by atoms with Crippen LogP contribution in [0.5, 0.6) is 5.75 Å². The molecule has 2 aromatic carbocycles. The molecule has 5 rings (SSSR count). The summed E-state index contributed by atoms with van der Waals surface area (Å²) in [7, 11) is 1.66. The molecule has 0 aliphatic heterocycles. The minimum Gasteiger partial charge on any atom is -0.496 e. The first-order valence-corrected chi connectivity index (χ1v) is 11.8. The van der Waals surface area contributed by atoms with Gasteiger partial charge in [-0.1, -0.05) is 42.1 Å². The third-order valence-electron chi connectivity index (χ3n) is 5.03. The second-order valence-corrected chi connectivity index (χ2v) is 8.77. The van der Waals surface area contributed by atoms with Crippen LogP contribution in [0.15, 0.2) is 76.5 Å². The highest BCUT2D eigenvalue weighted by Crippen LogP contribution is 2.33. The Labute approximate surface area is 192 Å². The van der Waals surface area contributed by atoms with E-state index in [2.05, 4.69) is 16.8 Å². The Kier molecular flexibility index (Phi) is 5.50. The molecule has 32 heavy (non-hydrogen) atoms. The molecule has 0 spiro atoms. The van der Waals surface area contributed by atoms with Crippen LogP contribution in [0.25, 0.3) is 27.3 Å². The summed E-state index contributed by atoms with van der Waals surface area (Å²) in [6.45, 7) is 4.13. The van der Waals surface area contributed by atoms with Gasteiger partial charge in [0.2, 0.25) is 5.78 Å². The molecule has 7 nitrogen and oxygen atoms in total. The SMILES string of the molecule is C=CCn1c(=O)c2ccccc2n2c(SCc3csc(-c4ccccc4OC)n3)nnc12. The van der Waals surface area contributed by atoms with Crippen LogP contribution < -0.4 is 10.3 Å². The molecule has 0 saturated carbocycles. The number of hydrogen-bond donors (Lipinski definition) is 0. The summed E-state index contributed by atoms with van der Waals surface area (Å²) in [4.78, 5) is 17.7. The second kappa shape index (κ2) is 8.60. The van der Waals surface area contributed by atoms with Crippen LogP contribution in [-0.2, 0) is 12.3 Å². The number of allylic oxidation sites excluding steroid dienone is 1. The molecule has 160 valence electrons. The largest absolute Gasteiger partial charge is 0.496 e. The first-order chi connectivity index (χ1) is 15.7. The predicted octanol–water partition coefficient (Wildman–Crippen LogP) is 4.65. The number of hydrogen-bond acceptors (Lipinski definition) is 7. The normalized spacial score (nSPS) is 11.3. The van der Waals surface area contributed by atoms with Crippen molar-refractivity contribution in [3.63, 3.8) is 0 Å². The number of methoxy groups -OCH3 is 1. The number of ether oxygens (including phenoxy) is 1. The van der Waals surface area contributed by atoms with E-state index in [4.69, 9.17) is 9.72 Å². The third kappa shape index (κ3) is 3.49. The molecule has 5 aromatic rings. The molecular formula is C23H19N5O2S2.